The summed E-state index contributed by atoms with van der Waals surface area (Å²) in [5.74, 6) is 0.481. The number of likely N-dealkylation sites (N-methyl/N-ethyl adjacent to an activating group) is 1. The Labute approximate surface area is 116 Å². The van der Waals surface area contributed by atoms with Crippen LogP contribution in [0.3, 0.4) is 0 Å². The molecule has 2 atom stereocenters. The predicted molar refractivity (Wildman–Crippen MR) is 75.1 cm³/mol. The third-order valence-corrected chi connectivity index (χ3v) is 4.11. The van der Waals surface area contributed by atoms with E-state index in [0.29, 0.717) is 5.92 Å². The Kier molecular flexibility index (Phi) is 6.75. The molecule has 1 heterocycles. The average molecular weight is 272 g/mol. The maximum Gasteiger partial charge on any atom is 0.325 e. The van der Waals surface area contributed by atoms with Crippen LogP contribution in [0, 0.1) is 5.92 Å². The molecule has 1 aliphatic rings. The quantitative estimate of drug-likeness (QED) is 0.665. The van der Waals surface area contributed by atoms with Gasteiger partial charge in [-0.2, -0.15) is 0 Å². The fourth-order valence-corrected chi connectivity index (χ4v) is 2.70. The van der Waals surface area contributed by atoms with E-state index in [2.05, 4.69) is 10.2 Å². The minimum Gasteiger partial charge on any atom is -0.468 e. The maximum atomic E-state index is 11.7. The number of nitrogens with zero attached hydrogens (tertiary/aromatic N) is 1. The zero-order chi connectivity index (χ0) is 14.3. The average Bonchev–Trinajstić information content (AvgIpc) is 2.85. The van der Waals surface area contributed by atoms with Crippen molar-refractivity contribution in [1.29, 1.82) is 0 Å². The maximum absolute atomic E-state index is 11.7. The van der Waals surface area contributed by atoms with Crippen molar-refractivity contribution in [2.45, 2.75) is 31.7 Å². The minimum absolute atomic E-state index is 0.186. The van der Waals surface area contributed by atoms with Crippen molar-refractivity contribution in [3.05, 3.63) is 0 Å². The third-order valence-electron chi connectivity index (χ3n) is 4.11. The second-order valence-corrected chi connectivity index (χ2v) is 5.59. The normalized spacial score (nSPS) is 23.3. The van der Waals surface area contributed by atoms with Gasteiger partial charge in [0.1, 0.15) is 5.54 Å². The molecule has 0 bridgehead atoms. The highest BCUT2D eigenvalue weighted by atomic mass is 16.5. The molecule has 1 saturated heterocycles. The van der Waals surface area contributed by atoms with Crippen LogP contribution in [0.2, 0.25) is 0 Å². The number of rotatable bonds is 8. The highest BCUT2D eigenvalue weighted by molar-refractivity contribution is 5.80. The molecular formula is C14H28N2O3. The van der Waals surface area contributed by atoms with Gasteiger partial charge in [0.2, 0.25) is 0 Å². The fraction of sp³-hybridized carbons (Fsp3) is 0.929. The molecule has 0 radical (unpaired) electrons. The van der Waals surface area contributed by atoms with Crippen LogP contribution in [-0.2, 0) is 14.3 Å². The summed E-state index contributed by atoms with van der Waals surface area (Å²) in [4.78, 5) is 14.2. The lowest BCUT2D eigenvalue weighted by molar-refractivity contribution is -0.148. The van der Waals surface area contributed by atoms with Gasteiger partial charge in [0.05, 0.1) is 13.7 Å². The minimum atomic E-state index is -0.569. The predicted octanol–water partition coefficient (Wildman–Crippen LogP) is 0.886. The Balaban J connectivity index is 2.28. The van der Waals surface area contributed by atoms with Crippen molar-refractivity contribution >= 4 is 5.97 Å². The molecule has 2 unspecified atom stereocenters. The number of methoxy groups -OCH3 is 2. The second-order valence-electron chi connectivity index (χ2n) is 5.59. The van der Waals surface area contributed by atoms with Gasteiger partial charge in [-0.05, 0) is 52.2 Å². The topological polar surface area (TPSA) is 50.8 Å². The molecule has 0 aliphatic carbocycles. The van der Waals surface area contributed by atoms with Crippen LogP contribution in [0.25, 0.3) is 0 Å². The van der Waals surface area contributed by atoms with Gasteiger partial charge in [-0.15, -0.1) is 0 Å². The van der Waals surface area contributed by atoms with E-state index in [1.165, 1.54) is 13.5 Å². The van der Waals surface area contributed by atoms with E-state index in [1.807, 2.05) is 6.92 Å². The number of carbonyl (C=O) groups excluding carboxylic acids is 1. The molecule has 0 amide bonds. The van der Waals surface area contributed by atoms with Gasteiger partial charge >= 0.3 is 5.97 Å². The molecule has 0 spiro atoms. The smallest absolute Gasteiger partial charge is 0.325 e. The summed E-state index contributed by atoms with van der Waals surface area (Å²) in [7, 11) is 5.01. The largest absolute Gasteiger partial charge is 0.468 e. The number of carbonyl (C=O) groups is 1. The van der Waals surface area contributed by atoms with Crippen LogP contribution in [-0.4, -0.2) is 63.9 Å². The Morgan fingerprint density at radius 2 is 2.21 bits per heavy atom. The first-order valence-electron chi connectivity index (χ1n) is 7.04. The van der Waals surface area contributed by atoms with Crippen LogP contribution < -0.4 is 5.32 Å². The fourth-order valence-electron chi connectivity index (χ4n) is 2.70. The van der Waals surface area contributed by atoms with Crippen molar-refractivity contribution in [3.63, 3.8) is 0 Å². The molecule has 19 heavy (non-hydrogen) atoms. The Hall–Kier alpha value is -0.650. The summed E-state index contributed by atoms with van der Waals surface area (Å²) in [5.41, 5.74) is -0.569. The van der Waals surface area contributed by atoms with E-state index in [4.69, 9.17) is 9.47 Å². The van der Waals surface area contributed by atoms with Crippen LogP contribution in [0.4, 0.5) is 0 Å². The van der Waals surface area contributed by atoms with E-state index in [-0.39, 0.29) is 5.97 Å². The van der Waals surface area contributed by atoms with E-state index in [9.17, 15) is 4.79 Å². The molecule has 1 N–H and O–H groups in total. The molecular weight excluding hydrogens is 244 g/mol. The number of ether oxygens (including phenoxy) is 2. The molecule has 1 aliphatic heterocycles. The molecule has 112 valence electrons. The van der Waals surface area contributed by atoms with Crippen LogP contribution in [0.15, 0.2) is 0 Å². The van der Waals surface area contributed by atoms with E-state index >= 15 is 0 Å². The van der Waals surface area contributed by atoms with Crippen molar-refractivity contribution in [1.82, 2.24) is 10.2 Å². The van der Waals surface area contributed by atoms with Crippen LogP contribution >= 0.6 is 0 Å². The van der Waals surface area contributed by atoms with Gasteiger partial charge in [0, 0.05) is 13.7 Å². The summed E-state index contributed by atoms with van der Waals surface area (Å²) < 4.78 is 10.0. The first kappa shape index (κ1) is 16.4. The van der Waals surface area contributed by atoms with E-state index in [0.717, 1.165) is 39.1 Å². The summed E-state index contributed by atoms with van der Waals surface area (Å²) in [6, 6.07) is 0. The van der Waals surface area contributed by atoms with Crippen LogP contribution in [0.5, 0.6) is 0 Å². The third kappa shape index (κ3) is 4.75. The number of hydrogen-bond acceptors (Lipinski definition) is 5. The Morgan fingerprint density at radius 3 is 2.79 bits per heavy atom. The Morgan fingerprint density at radius 1 is 1.47 bits per heavy atom. The number of esters is 1. The zero-order valence-corrected chi connectivity index (χ0v) is 12.7. The van der Waals surface area contributed by atoms with Crippen molar-refractivity contribution < 1.29 is 14.3 Å². The number of nitrogens with one attached hydrogen (secondary N) is 1. The first-order valence-corrected chi connectivity index (χ1v) is 7.04. The highest BCUT2D eigenvalue weighted by Crippen LogP contribution is 2.19. The molecule has 1 fully saturated rings. The van der Waals surface area contributed by atoms with E-state index in [1.54, 1.807) is 14.2 Å². The lowest BCUT2D eigenvalue weighted by Crippen LogP contribution is -2.48. The van der Waals surface area contributed by atoms with Gasteiger partial charge in [-0.25, -0.2) is 0 Å². The molecule has 0 aromatic heterocycles. The summed E-state index contributed by atoms with van der Waals surface area (Å²) in [6.07, 6.45) is 3.00. The summed E-state index contributed by atoms with van der Waals surface area (Å²) in [6.45, 7) is 6.04. The summed E-state index contributed by atoms with van der Waals surface area (Å²) in [5, 5.41) is 3.07. The molecule has 0 saturated carbocycles. The second kappa shape index (κ2) is 7.82. The van der Waals surface area contributed by atoms with Crippen molar-refractivity contribution in [3.8, 4) is 0 Å². The van der Waals surface area contributed by atoms with Crippen molar-refractivity contribution in [2.24, 2.45) is 5.92 Å². The lowest BCUT2D eigenvalue weighted by atomic mass is 9.96. The monoisotopic (exact) mass is 272 g/mol. The zero-order valence-electron chi connectivity index (χ0n) is 12.7. The first-order chi connectivity index (χ1) is 9.05. The molecule has 0 aromatic rings. The Bertz CT molecular complexity index is 286. The standard InChI is InChI=1S/C14H28N2O3/c1-14(15-2,13(17)19-4)7-5-8-16-9-6-12(10-16)11-18-3/h12,15H,5-11H2,1-4H3. The number of hydrogen-bond donors (Lipinski definition) is 1. The highest BCUT2D eigenvalue weighted by Gasteiger charge is 2.32. The molecule has 0 aromatic carbocycles. The summed E-state index contributed by atoms with van der Waals surface area (Å²) >= 11 is 0. The number of likely N-dealkylation sites (tertiary alicyclic amines) is 1. The van der Waals surface area contributed by atoms with Gasteiger partial charge in [0.25, 0.3) is 0 Å². The lowest BCUT2D eigenvalue weighted by Gasteiger charge is -2.27. The van der Waals surface area contributed by atoms with E-state index < -0.39 is 5.54 Å². The molecule has 5 nitrogen and oxygen atoms in total. The van der Waals surface area contributed by atoms with Gasteiger partial charge < -0.3 is 19.7 Å². The van der Waals surface area contributed by atoms with Gasteiger partial charge in [-0.3, -0.25) is 4.79 Å². The van der Waals surface area contributed by atoms with Crippen LogP contribution in [0.1, 0.15) is 26.2 Å². The molecule has 1 rings (SSSR count). The van der Waals surface area contributed by atoms with Crippen molar-refractivity contribution in [2.75, 3.05) is 47.5 Å². The molecule has 5 heteroatoms. The van der Waals surface area contributed by atoms with Gasteiger partial charge in [0.15, 0.2) is 0 Å². The SMILES string of the molecule is CNC(C)(CCCN1CCC(COC)C1)C(=O)OC. The van der Waals surface area contributed by atoms with Gasteiger partial charge in [-0.1, -0.05) is 0 Å².